The number of ether oxygens (including phenoxy) is 1. The third-order valence-electron chi connectivity index (χ3n) is 6.46. The number of likely N-dealkylation sites (tertiary alicyclic amines) is 2. The molecule has 3 heterocycles. The fraction of sp³-hybridized carbons (Fsp3) is 0.619. The number of rotatable bonds is 2. The molecule has 1 aromatic rings. The maximum Gasteiger partial charge on any atom is 0.253 e. The van der Waals surface area contributed by atoms with E-state index in [2.05, 4.69) is 0 Å². The van der Waals surface area contributed by atoms with Gasteiger partial charge in [-0.1, -0.05) is 6.07 Å². The Labute approximate surface area is 159 Å². The predicted molar refractivity (Wildman–Crippen MR) is 98.9 cm³/mol. The lowest BCUT2D eigenvalue weighted by Crippen LogP contribution is -2.55. The number of benzene rings is 1. The molecule has 3 aliphatic rings. The Kier molecular flexibility index (Phi) is 4.93. The first kappa shape index (κ1) is 18.4. The average molecular weight is 374 g/mol. The summed E-state index contributed by atoms with van der Waals surface area (Å²) < 4.78 is 19.3. The summed E-state index contributed by atoms with van der Waals surface area (Å²) in [5, 5.41) is 0. The van der Waals surface area contributed by atoms with Crippen LogP contribution < -0.4 is 0 Å². The van der Waals surface area contributed by atoms with Gasteiger partial charge in [0.2, 0.25) is 5.91 Å². The molecule has 0 aromatic heterocycles. The lowest BCUT2D eigenvalue weighted by atomic mass is 9.77. The predicted octanol–water partition coefficient (Wildman–Crippen LogP) is 2.77. The Morgan fingerprint density at radius 1 is 1.22 bits per heavy atom. The van der Waals surface area contributed by atoms with E-state index in [4.69, 9.17) is 4.74 Å². The van der Waals surface area contributed by atoms with Crippen LogP contribution in [0.4, 0.5) is 4.39 Å². The van der Waals surface area contributed by atoms with E-state index in [1.54, 1.807) is 24.0 Å². The summed E-state index contributed by atoms with van der Waals surface area (Å²) in [6.45, 7) is 4.92. The highest BCUT2D eigenvalue weighted by molar-refractivity contribution is 5.95. The van der Waals surface area contributed by atoms with Gasteiger partial charge in [-0.05, 0) is 56.7 Å². The molecule has 1 unspecified atom stereocenters. The number of amides is 2. The van der Waals surface area contributed by atoms with Gasteiger partial charge >= 0.3 is 0 Å². The molecule has 27 heavy (non-hydrogen) atoms. The molecule has 0 radical (unpaired) electrons. The van der Waals surface area contributed by atoms with E-state index in [-0.39, 0.29) is 23.7 Å². The minimum Gasteiger partial charge on any atom is -0.381 e. The lowest BCUT2D eigenvalue weighted by molar-refractivity contribution is -0.150. The topological polar surface area (TPSA) is 49.9 Å². The smallest absolute Gasteiger partial charge is 0.253 e. The van der Waals surface area contributed by atoms with Crippen LogP contribution in [0.2, 0.25) is 0 Å². The fourth-order valence-corrected chi connectivity index (χ4v) is 4.78. The SMILES string of the molecule is Cc1ccc(C(=O)N2CCC3(CCCN(C4CCOCC4)C3=O)C2)cc1F. The minimum atomic E-state index is -0.463. The molecule has 2 amide bonds. The third kappa shape index (κ3) is 3.35. The van der Waals surface area contributed by atoms with Crippen molar-refractivity contribution < 1.29 is 18.7 Å². The van der Waals surface area contributed by atoms with Crippen LogP contribution in [0.25, 0.3) is 0 Å². The first-order chi connectivity index (χ1) is 13.0. The Hall–Kier alpha value is -1.95. The molecular weight excluding hydrogens is 347 g/mol. The number of carbonyl (C=O) groups is 2. The van der Waals surface area contributed by atoms with E-state index in [1.807, 2.05) is 4.90 Å². The monoisotopic (exact) mass is 374 g/mol. The molecule has 0 N–H and O–H groups in total. The van der Waals surface area contributed by atoms with Crippen molar-refractivity contribution in [2.45, 2.75) is 45.1 Å². The van der Waals surface area contributed by atoms with Crippen molar-refractivity contribution in [3.05, 3.63) is 35.1 Å². The van der Waals surface area contributed by atoms with E-state index >= 15 is 0 Å². The van der Waals surface area contributed by atoms with Crippen LogP contribution in [0.5, 0.6) is 0 Å². The molecule has 3 fully saturated rings. The highest BCUT2D eigenvalue weighted by Gasteiger charge is 2.50. The van der Waals surface area contributed by atoms with Crippen molar-refractivity contribution in [3.8, 4) is 0 Å². The lowest BCUT2D eigenvalue weighted by Gasteiger charge is -2.44. The molecule has 4 rings (SSSR count). The summed E-state index contributed by atoms with van der Waals surface area (Å²) in [4.78, 5) is 30.0. The van der Waals surface area contributed by atoms with Gasteiger partial charge in [0.25, 0.3) is 5.91 Å². The zero-order chi connectivity index (χ0) is 19.0. The molecule has 0 saturated carbocycles. The molecular formula is C21H27FN2O3. The van der Waals surface area contributed by atoms with Gasteiger partial charge in [0, 0.05) is 44.5 Å². The summed E-state index contributed by atoms with van der Waals surface area (Å²) in [6.07, 6.45) is 4.30. The van der Waals surface area contributed by atoms with Crippen molar-refractivity contribution in [1.82, 2.24) is 9.80 Å². The summed E-state index contributed by atoms with van der Waals surface area (Å²) in [7, 11) is 0. The fourth-order valence-electron chi connectivity index (χ4n) is 4.78. The number of hydrogen-bond acceptors (Lipinski definition) is 3. The normalized spacial score (nSPS) is 26.8. The number of carbonyl (C=O) groups excluding carboxylic acids is 2. The van der Waals surface area contributed by atoms with Crippen LogP contribution in [0.15, 0.2) is 18.2 Å². The van der Waals surface area contributed by atoms with E-state index in [0.29, 0.717) is 43.9 Å². The highest BCUT2D eigenvalue weighted by Crippen LogP contribution is 2.41. The van der Waals surface area contributed by atoms with Crippen molar-refractivity contribution in [2.24, 2.45) is 5.41 Å². The van der Waals surface area contributed by atoms with Crippen LogP contribution in [0.3, 0.4) is 0 Å². The second kappa shape index (κ2) is 7.23. The zero-order valence-corrected chi connectivity index (χ0v) is 15.9. The Morgan fingerprint density at radius 2 is 2.00 bits per heavy atom. The van der Waals surface area contributed by atoms with E-state index in [9.17, 15) is 14.0 Å². The quantitative estimate of drug-likeness (QED) is 0.800. The van der Waals surface area contributed by atoms with E-state index in [0.717, 1.165) is 32.2 Å². The van der Waals surface area contributed by atoms with E-state index < -0.39 is 5.41 Å². The molecule has 1 atom stereocenters. The van der Waals surface area contributed by atoms with Crippen molar-refractivity contribution in [3.63, 3.8) is 0 Å². The minimum absolute atomic E-state index is 0.179. The molecule has 3 saturated heterocycles. The second-order valence-electron chi connectivity index (χ2n) is 8.17. The molecule has 3 aliphatic heterocycles. The van der Waals surface area contributed by atoms with Gasteiger partial charge in [-0.2, -0.15) is 0 Å². The van der Waals surface area contributed by atoms with Gasteiger partial charge in [-0.25, -0.2) is 4.39 Å². The second-order valence-corrected chi connectivity index (χ2v) is 8.17. The summed E-state index contributed by atoms with van der Waals surface area (Å²) in [5.74, 6) is -0.345. The zero-order valence-electron chi connectivity index (χ0n) is 15.9. The van der Waals surface area contributed by atoms with Gasteiger partial charge in [0.05, 0.1) is 5.41 Å². The Morgan fingerprint density at radius 3 is 2.74 bits per heavy atom. The average Bonchev–Trinajstić information content (AvgIpc) is 3.11. The highest BCUT2D eigenvalue weighted by atomic mass is 19.1. The standard InChI is InChI=1S/C21H27FN2O3/c1-15-3-4-16(13-18(15)22)19(25)23-10-8-21(14-23)7-2-9-24(20(21)26)17-5-11-27-12-6-17/h3-4,13,17H,2,5-12,14H2,1H3. The summed E-state index contributed by atoms with van der Waals surface area (Å²) in [5.41, 5.74) is 0.425. The molecule has 146 valence electrons. The van der Waals surface area contributed by atoms with Crippen LogP contribution in [0, 0.1) is 18.2 Å². The third-order valence-corrected chi connectivity index (χ3v) is 6.46. The maximum atomic E-state index is 13.9. The first-order valence-electron chi connectivity index (χ1n) is 9.94. The number of piperidine rings is 1. The van der Waals surface area contributed by atoms with Crippen LogP contribution in [-0.4, -0.2) is 60.5 Å². The van der Waals surface area contributed by atoms with Crippen LogP contribution in [-0.2, 0) is 9.53 Å². The van der Waals surface area contributed by atoms with Gasteiger partial charge in [-0.3, -0.25) is 9.59 Å². The van der Waals surface area contributed by atoms with Gasteiger partial charge in [0.15, 0.2) is 0 Å². The molecule has 0 bridgehead atoms. The van der Waals surface area contributed by atoms with Crippen LogP contribution in [0.1, 0.15) is 48.0 Å². The number of aryl methyl sites for hydroxylation is 1. The van der Waals surface area contributed by atoms with Crippen LogP contribution >= 0.6 is 0 Å². The Bertz CT molecular complexity index is 747. The first-order valence-corrected chi connectivity index (χ1v) is 9.94. The van der Waals surface area contributed by atoms with E-state index in [1.165, 1.54) is 6.07 Å². The maximum absolute atomic E-state index is 13.9. The molecule has 1 aromatic carbocycles. The molecule has 5 nitrogen and oxygen atoms in total. The van der Waals surface area contributed by atoms with Gasteiger partial charge in [0.1, 0.15) is 5.82 Å². The Balaban J connectivity index is 1.49. The molecule has 1 spiro atoms. The number of halogens is 1. The van der Waals surface area contributed by atoms with Gasteiger partial charge in [-0.15, -0.1) is 0 Å². The number of hydrogen-bond donors (Lipinski definition) is 0. The summed E-state index contributed by atoms with van der Waals surface area (Å²) >= 11 is 0. The molecule has 6 heteroatoms. The van der Waals surface area contributed by atoms with Gasteiger partial charge < -0.3 is 14.5 Å². The number of nitrogens with zero attached hydrogens (tertiary/aromatic N) is 2. The van der Waals surface area contributed by atoms with Crippen molar-refractivity contribution in [2.75, 3.05) is 32.8 Å². The van der Waals surface area contributed by atoms with Crippen molar-refractivity contribution >= 4 is 11.8 Å². The van der Waals surface area contributed by atoms with Crippen molar-refractivity contribution in [1.29, 1.82) is 0 Å². The molecule has 0 aliphatic carbocycles. The summed E-state index contributed by atoms with van der Waals surface area (Å²) in [6, 6.07) is 4.87. The largest absolute Gasteiger partial charge is 0.381 e.